The van der Waals surface area contributed by atoms with Crippen molar-refractivity contribution in [3.05, 3.63) is 48.0 Å². The number of nitrogens with zero attached hydrogens (tertiary/aromatic N) is 1. The van der Waals surface area contributed by atoms with Crippen LogP contribution in [0.15, 0.2) is 41.4 Å². The quantitative estimate of drug-likeness (QED) is 0.665. The second-order valence-electron chi connectivity index (χ2n) is 4.02. The Bertz CT molecular complexity index is 699. The molecular formula is C12H12FN3O2S. The number of nitrogen functional groups attached to an aromatic ring is 1. The molecule has 0 spiro atoms. The van der Waals surface area contributed by atoms with Crippen molar-refractivity contribution in [3.8, 4) is 0 Å². The second-order valence-corrected chi connectivity index (χ2v) is 5.67. The van der Waals surface area contributed by atoms with E-state index in [1.165, 1.54) is 12.1 Å². The molecule has 7 heteroatoms. The Morgan fingerprint density at radius 2 is 2.00 bits per heavy atom. The predicted molar refractivity (Wildman–Crippen MR) is 70.6 cm³/mol. The van der Waals surface area contributed by atoms with Gasteiger partial charge in [0.25, 0.3) is 10.0 Å². The molecule has 0 unspecified atom stereocenters. The zero-order valence-corrected chi connectivity index (χ0v) is 10.9. The van der Waals surface area contributed by atoms with Gasteiger partial charge in [-0.15, -0.1) is 0 Å². The summed E-state index contributed by atoms with van der Waals surface area (Å²) in [6.45, 7) is 1.81. The standard InChI is InChI=1S/C12H12FN3O2S/c1-8-2-4-11(10(14)6-8)19(17,18)16-9-3-5-12(13)15-7-9/h2-7,16H,14H2,1H3. The molecule has 0 atom stereocenters. The number of aryl methyl sites for hydroxylation is 1. The Kier molecular flexibility index (Phi) is 3.39. The molecule has 5 nitrogen and oxygen atoms in total. The van der Waals surface area contributed by atoms with E-state index in [2.05, 4.69) is 9.71 Å². The Balaban J connectivity index is 2.35. The number of rotatable bonds is 3. The number of hydrogen-bond donors (Lipinski definition) is 2. The lowest BCUT2D eigenvalue weighted by molar-refractivity contribution is 0.583. The van der Waals surface area contributed by atoms with Gasteiger partial charge < -0.3 is 5.73 Å². The highest BCUT2D eigenvalue weighted by atomic mass is 32.2. The van der Waals surface area contributed by atoms with Crippen LogP contribution in [0.25, 0.3) is 0 Å². The molecule has 0 saturated heterocycles. The van der Waals surface area contributed by atoms with Crippen molar-refractivity contribution in [1.29, 1.82) is 0 Å². The van der Waals surface area contributed by atoms with Crippen molar-refractivity contribution in [3.63, 3.8) is 0 Å². The predicted octanol–water partition coefficient (Wildman–Crippen LogP) is 1.91. The first-order valence-electron chi connectivity index (χ1n) is 5.39. The number of nitrogens with two attached hydrogens (primary N) is 1. The first-order chi connectivity index (χ1) is 8.88. The molecule has 0 aliphatic carbocycles. The summed E-state index contributed by atoms with van der Waals surface area (Å²) in [5, 5.41) is 0. The number of anilines is 2. The molecule has 3 N–H and O–H groups in total. The summed E-state index contributed by atoms with van der Waals surface area (Å²) >= 11 is 0. The van der Waals surface area contributed by atoms with Gasteiger partial charge in [-0.25, -0.2) is 13.4 Å². The minimum absolute atomic E-state index is 0.0255. The third-order valence-corrected chi connectivity index (χ3v) is 3.89. The molecule has 0 amide bonds. The van der Waals surface area contributed by atoms with Crippen molar-refractivity contribution < 1.29 is 12.8 Å². The number of hydrogen-bond acceptors (Lipinski definition) is 4. The van der Waals surface area contributed by atoms with Crippen molar-refractivity contribution in [2.45, 2.75) is 11.8 Å². The van der Waals surface area contributed by atoms with Gasteiger partial charge in [0.1, 0.15) is 4.90 Å². The van der Waals surface area contributed by atoms with Gasteiger partial charge in [-0.05, 0) is 36.8 Å². The second kappa shape index (κ2) is 4.85. The number of halogens is 1. The van der Waals surface area contributed by atoms with E-state index in [1.54, 1.807) is 12.1 Å². The van der Waals surface area contributed by atoms with Gasteiger partial charge in [0, 0.05) is 0 Å². The molecule has 0 bridgehead atoms. The topological polar surface area (TPSA) is 85.1 Å². The van der Waals surface area contributed by atoms with Crippen LogP contribution in [0.4, 0.5) is 15.8 Å². The summed E-state index contributed by atoms with van der Waals surface area (Å²) in [6, 6.07) is 6.98. The summed E-state index contributed by atoms with van der Waals surface area (Å²) in [5.74, 6) is -0.683. The largest absolute Gasteiger partial charge is 0.398 e. The minimum atomic E-state index is -3.81. The molecule has 100 valence electrons. The van der Waals surface area contributed by atoms with Gasteiger partial charge in [0.2, 0.25) is 5.95 Å². The van der Waals surface area contributed by atoms with Gasteiger partial charge in [0.15, 0.2) is 0 Å². The minimum Gasteiger partial charge on any atom is -0.398 e. The van der Waals surface area contributed by atoms with Crippen LogP contribution in [0.3, 0.4) is 0 Å². The summed E-state index contributed by atoms with van der Waals surface area (Å²) < 4.78 is 39.1. The maximum absolute atomic E-state index is 12.6. The molecule has 1 heterocycles. The highest BCUT2D eigenvalue weighted by molar-refractivity contribution is 7.92. The first kappa shape index (κ1) is 13.3. The van der Waals surface area contributed by atoms with Crippen LogP contribution in [0.5, 0.6) is 0 Å². The molecule has 1 aromatic carbocycles. The van der Waals surface area contributed by atoms with E-state index in [0.717, 1.165) is 17.8 Å². The van der Waals surface area contributed by atoms with Crippen LogP contribution in [-0.4, -0.2) is 13.4 Å². The molecule has 19 heavy (non-hydrogen) atoms. The fourth-order valence-electron chi connectivity index (χ4n) is 1.56. The smallest absolute Gasteiger partial charge is 0.263 e. The Morgan fingerprint density at radius 1 is 1.26 bits per heavy atom. The van der Waals surface area contributed by atoms with Crippen molar-refractivity contribution in [1.82, 2.24) is 4.98 Å². The van der Waals surface area contributed by atoms with Gasteiger partial charge in [0.05, 0.1) is 17.6 Å². The SMILES string of the molecule is Cc1ccc(S(=O)(=O)Nc2ccc(F)nc2)c(N)c1. The van der Waals surface area contributed by atoms with Gasteiger partial charge in [-0.3, -0.25) is 4.72 Å². The Labute approximate surface area is 110 Å². The van der Waals surface area contributed by atoms with Crippen LogP contribution in [-0.2, 0) is 10.0 Å². The zero-order chi connectivity index (χ0) is 14.0. The van der Waals surface area contributed by atoms with E-state index >= 15 is 0 Å². The highest BCUT2D eigenvalue weighted by Gasteiger charge is 2.17. The molecule has 1 aromatic heterocycles. The van der Waals surface area contributed by atoms with Crippen LogP contribution in [0, 0.1) is 12.9 Å². The first-order valence-corrected chi connectivity index (χ1v) is 6.87. The van der Waals surface area contributed by atoms with Gasteiger partial charge in [-0.1, -0.05) is 6.07 Å². The van der Waals surface area contributed by atoms with Crippen LogP contribution >= 0.6 is 0 Å². The zero-order valence-electron chi connectivity index (χ0n) is 10.1. The van der Waals surface area contributed by atoms with E-state index in [0.29, 0.717) is 0 Å². The molecule has 2 aromatic rings. The lowest BCUT2D eigenvalue weighted by Gasteiger charge is -2.10. The number of aromatic nitrogens is 1. The van der Waals surface area contributed by atoms with Crippen LogP contribution in [0.1, 0.15) is 5.56 Å². The summed E-state index contributed by atoms with van der Waals surface area (Å²) in [7, 11) is -3.81. The molecule has 2 rings (SSSR count). The number of pyridine rings is 1. The lowest BCUT2D eigenvalue weighted by Crippen LogP contribution is -2.15. The van der Waals surface area contributed by atoms with Crippen molar-refractivity contribution in [2.75, 3.05) is 10.5 Å². The third-order valence-electron chi connectivity index (χ3n) is 2.43. The van der Waals surface area contributed by atoms with Crippen LogP contribution in [0.2, 0.25) is 0 Å². The molecule has 0 aliphatic heterocycles. The number of benzene rings is 1. The van der Waals surface area contributed by atoms with Crippen molar-refractivity contribution >= 4 is 21.4 Å². The van der Waals surface area contributed by atoms with Gasteiger partial charge >= 0.3 is 0 Å². The van der Waals surface area contributed by atoms with E-state index in [9.17, 15) is 12.8 Å². The fraction of sp³-hybridized carbons (Fsp3) is 0.0833. The maximum atomic E-state index is 12.6. The lowest BCUT2D eigenvalue weighted by atomic mass is 10.2. The molecular weight excluding hydrogens is 269 g/mol. The average molecular weight is 281 g/mol. The summed E-state index contributed by atoms with van der Waals surface area (Å²) in [4.78, 5) is 3.34. The fourth-order valence-corrected chi connectivity index (χ4v) is 2.72. The molecule has 0 aliphatic rings. The molecule has 0 fully saturated rings. The normalized spacial score (nSPS) is 11.3. The molecule has 0 radical (unpaired) electrons. The van der Waals surface area contributed by atoms with E-state index < -0.39 is 16.0 Å². The van der Waals surface area contributed by atoms with E-state index in [1.807, 2.05) is 6.92 Å². The van der Waals surface area contributed by atoms with Crippen LogP contribution < -0.4 is 10.5 Å². The Hall–Kier alpha value is -2.15. The third kappa shape index (κ3) is 3.00. The molecule has 0 saturated carbocycles. The summed E-state index contributed by atoms with van der Waals surface area (Å²) in [6.07, 6.45) is 1.09. The maximum Gasteiger partial charge on any atom is 0.263 e. The summed E-state index contributed by atoms with van der Waals surface area (Å²) in [5.41, 5.74) is 6.87. The number of sulfonamides is 1. The van der Waals surface area contributed by atoms with E-state index in [-0.39, 0.29) is 16.3 Å². The van der Waals surface area contributed by atoms with Gasteiger partial charge in [-0.2, -0.15) is 4.39 Å². The van der Waals surface area contributed by atoms with Crippen molar-refractivity contribution in [2.24, 2.45) is 0 Å². The highest BCUT2D eigenvalue weighted by Crippen LogP contribution is 2.22. The van der Waals surface area contributed by atoms with E-state index in [4.69, 9.17) is 5.73 Å². The Morgan fingerprint density at radius 3 is 2.58 bits per heavy atom. The average Bonchev–Trinajstić information content (AvgIpc) is 2.31. The monoisotopic (exact) mass is 281 g/mol. The number of nitrogens with one attached hydrogen (secondary N) is 1.